The number of H-pyrrole nitrogens is 1. The predicted octanol–water partition coefficient (Wildman–Crippen LogP) is 2.69. The molecule has 1 aromatic carbocycles. The number of hydrogen-bond donors (Lipinski definition) is 2. The lowest BCUT2D eigenvalue weighted by atomic mass is 9.96. The molecule has 0 atom stereocenters. The van der Waals surface area contributed by atoms with Gasteiger partial charge in [0.1, 0.15) is 5.39 Å². The molecule has 7 heteroatoms. The third-order valence-electron chi connectivity index (χ3n) is 4.45. The van der Waals surface area contributed by atoms with Crippen LogP contribution in [0.5, 0.6) is 17.2 Å². The second kappa shape index (κ2) is 6.98. The van der Waals surface area contributed by atoms with Crippen LogP contribution in [0, 0.1) is 0 Å². The fourth-order valence-electron chi connectivity index (χ4n) is 3.28. The van der Waals surface area contributed by atoms with Crippen LogP contribution >= 0.6 is 0 Å². The molecule has 1 heterocycles. The molecule has 24 heavy (non-hydrogen) atoms. The zero-order chi connectivity index (χ0) is 17.1. The van der Waals surface area contributed by atoms with Crippen molar-refractivity contribution in [2.75, 3.05) is 26.6 Å². The van der Waals surface area contributed by atoms with E-state index >= 15 is 0 Å². The number of fused-ring (bicyclic) bond motifs is 1. The van der Waals surface area contributed by atoms with Crippen molar-refractivity contribution in [1.29, 1.82) is 0 Å². The highest BCUT2D eigenvalue weighted by Gasteiger charge is 2.21. The maximum atomic E-state index is 12.6. The Morgan fingerprint density at radius 3 is 2.42 bits per heavy atom. The average Bonchev–Trinajstić information content (AvgIpc) is 2.60. The van der Waals surface area contributed by atoms with Crippen LogP contribution in [0.1, 0.15) is 32.1 Å². The van der Waals surface area contributed by atoms with E-state index in [0.717, 1.165) is 12.8 Å². The van der Waals surface area contributed by atoms with E-state index in [4.69, 9.17) is 14.2 Å². The molecular weight excluding hydrogens is 310 g/mol. The van der Waals surface area contributed by atoms with Crippen molar-refractivity contribution in [3.63, 3.8) is 0 Å². The summed E-state index contributed by atoms with van der Waals surface area (Å²) in [5, 5.41) is 3.69. The summed E-state index contributed by atoms with van der Waals surface area (Å²) in [7, 11) is 4.54. The summed E-state index contributed by atoms with van der Waals surface area (Å²) in [6.45, 7) is 0. The van der Waals surface area contributed by atoms with E-state index in [-0.39, 0.29) is 5.56 Å². The first-order valence-electron chi connectivity index (χ1n) is 8.17. The SMILES string of the molecule is COc1cc2nc(NC3CCCCC3)[nH]c(=O)c2c(OC)c1OC. The number of nitrogens with one attached hydrogen (secondary N) is 2. The van der Waals surface area contributed by atoms with Crippen LogP contribution in [0.4, 0.5) is 5.95 Å². The Kier molecular flexibility index (Phi) is 4.78. The predicted molar refractivity (Wildman–Crippen MR) is 92.5 cm³/mol. The molecule has 2 aromatic rings. The molecule has 3 rings (SSSR count). The summed E-state index contributed by atoms with van der Waals surface area (Å²) in [6, 6.07) is 2.04. The second-order valence-corrected chi connectivity index (χ2v) is 5.93. The Bertz CT molecular complexity index is 781. The summed E-state index contributed by atoms with van der Waals surface area (Å²) < 4.78 is 16.0. The number of rotatable bonds is 5. The number of anilines is 1. The van der Waals surface area contributed by atoms with Crippen LogP contribution in [-0.2, 0) is 0 Å². The minimum Gasteiger partial charge on any atom is -0.493 e. The van der Waals surface area contributed by atoms with Gasteiger partial charge in [0, 0.05) is 12.1 Å². The van der Waals surface area contributed by atoms with E-state index in [1.165, 1.54) is 40.6 Å². The summed E-state index contributed by atoms with van der Waals surface area (Å²) in [5.74, 6) is 1.66. The van der Waals surface area contributed by atoms with Gasteiger partial charge in [-0.25, -0.2) is 4.98 Å². The van der Waals surface area contributed by atoms with E-state index in [1.54, 1.807) is 6.07 Å². The van der Waals surface area contributed by atoms with E-state index in [0.29, 0.717) is 40.1 Å². The lowest BCUT2D eigenvalue weighted by molar-refractivity contribution is 0.327. The fraction of sp³-hybridized carbons (Fsp3) is 0.529. The van der Waals surface area contributed by atoms with E-state index in [1.807, 2.05) is 0 Å². The van der Waals surface area contributed by atoms with Crippen molar-refractivity contribution in [2.24, 2.45) is 0 Å². The maximum Gasteiger partial charge on any atom is 0.264 e. The number of aromatic amines is 1. The lowest BCUT2D eigenvalue weighted by Crippen LogP contribution is -2.25. The van der Waals surface area contributed by atoms with Crippen molar-refractivity contribution in [3.05, 3.63) is 16.4 Å². The second-order valence-electron chi connectivity index (χ2n) is 5.93. The first-order chi connectivity index (χ1) is 11.7. The van der Waals surface area contributed by atoms with Crippen LogP contribution in [0.25, 0.3) is 10.9 Å². The molecule has 7 nitrogen and oxygen atoms in total. The van der Waals surface area contributed by atoms with Crippen LogP contribution in [0.15, 0.2) is 10.9 Å². The van der Waals surface area contributed by atoms with Crippen molar-refractivity contribution >= 4 is 16.9 Å². The molecule has 1 aliphatic carbocycles. The van der Waals surface area contributed by atoms with Gasteiger partial charge in [-0.15, -0.1) is 0 Å². The van der Waals surface area contributed by atoms with E-state index < -0.39 is 0 Å². The van der Waals surface area contributed by atoms with Gasteiger partial charge >= 0.3 is 0 Å². The molecule has 0 spiro atoms. The maximum absolute atomic E-state index is 12.6. The Morgan fingerprint density at radius 2 is 1.79 bits per heavy atom. The van der Waals surface area contributed by atoms with Crippen LogP contribution in [-0.4, -0.2) is 37.3 Å². The van der Waals surface area contributed by atoms with Gasteiger partial charge in [0.15, 0.2) is 11.5 Å². The molecule has 130 valence electrons. The van der Waals surface area contributed by atoms with Gasteiger partial charge in [-0.05, 0) is 12.8 Å². The Morgan fingerprint density at radius 1 is 1.08 bits per heavy atom. The number of methoxy groups -OCH3 is 3. The summed E-state index contributed by atoms with van der Waals surface area (Å²) in [4.78, 5) is 19.9. The Hall–Kier alpha value is -2.44. The molecule has 0 amide bonds. The van der Waals surface area contributed by atoms with E-state index in [9.17, 15) is 4.79 Å². The summed E-state index contributed by atoms with van der Waals surface area (Å²) in [5.41, 5.74) is 0.239. The normalized spacial score (nSPS) is 15.3. The molecular formula is C17H23N3O4. The minimum atomic E-state index is -0.267. The number of hydrogen-bond acceptors (Lipinski definition) is 6. The zero-order valence-corrected chi connectivity index (χ0v) is 14.3. The molecule has 0 saturated heterocycles. The van der Waals surface area contributed by atoms with Crippen molar-refractivity contribution < 1.29 is 14.2 Å². The molecule has 1 aliphatic rings. The zero-order valence-electron chi connectivity index (χ0n) is 14.3. The largest absolute Gasteiger partial charge is 0.493 e. The van der Waals surface area contributed by atoms with Gasteiger partial charge in [-0.2, -0.15) is 0 Å². The van der Waals surface area contributed by atoms with Crippen molar-refractivity contribution in [1.82, 2.24) is 9.97 Å². The lowest BCUT2D eigenvalue weighted by Gasteiger charge is -2.23. The number of ether oxygens (including phenoxy) is 3. The third-order valence-corrected chi connectivity index (χ3v) is 4.45. The molecule has 0 radical (unpaired) electrons. The van der Waals surface area contributed by atoms with Crippen molar-refractivity contribution in [2.45, 2.75) is 38.1 Å². The molecule has 1 fully saturated rings. The van der Waals surface area contributed by atoms with Gasteiger partial charge < -0.3 is 19.5 Å². The molecule has 0 bridgehead atoms. The van der Waals surface area contributed by atoms with Gasteiger partial charge in [0.25, 0.3) is 5.56 Å². The van der Waals surface area contributed by atoms with Crippen LogP contribution in [0.3, 0.4) is 0 Å². The highest BCUT2D eigenvalue weighted by Crippen LogP contribution is 2.41. The van der Waals surface area contributed by atoms with Crippen LogP contribution in [0.2, 0.25) is 0 Å². The van der Waals surface area contributed by atoms with E-state index in [2.05, 4.69) is 15.3 Å². The molecule has 0 aliphatic heterocycles. The highest BCUT2D eigenvalue weighted by molar-refractivity contribution is 5.90. The number of nitrogens with zero attached hydrogens (tertiary/aromatic N) is 1. The topological polar surface area (TPSA) is 85.5 Å². The molecule has 1 saturated carbocycles. The minimum absolute atomic E-state index is 0.267. The quantitative estimate of drug-likeness (QED) is 0.875. The van der Waals surface area contributed by atoms with Gasteiger partial charge in [-0.1, -0.05) is 19.3 Å². The summed E-state index contributed by atoms with van der Waals surface area (Å²) in [6.07, 6.45) is 5.87. The van der Waals surface area contributed by atoms with Crippen LogP contribution < -0.4 is 25.1 Å². The number of aromatic nitrogens is 2. The molecule has 0 unspecified atom stereocenters. The first-order valence-corrected chi connectivity index (χ1v) is 8.17. The van der Waals surface area contributed by atoms with Gasteiger partial charge in [0.2, 0.25) is 11.7 Å². The Balaban J connectivity index is 2.08. The highest BCUT2D eigenvalue weighted by atomic mass is 16.5. The smallest absolute Gasteiger partial charge is 0.264 e. The first kappa shape index (κ1) is 16.4. The fourth-order valence-corrected chi connectivity index (χ4v) is 3.28. The third kappa shape index (κ3) is 2.98. The van der Waals surface area contributed by atoms with Gasteiger partial charge in [0.05, 0.1) is 26.8 Å². The number of benzene rings is 1. The van der Waals surface area contributed by atoms with Crippen molar-refractivity contribution in [3.8, 4) is 17.2 Å². The monoisotopic (exact) mass is 333 g/mol. The molecule has 1 aromatic heterocycles. The summed E-state index contributed by atoms with van der Waals surface area (Å²) >= 11 is 0. The molecule has 2 N–H and O–H groups in total. The van der Waals surface area contributed by atoms with Gasteiger partial charge in [-0.3, -0.25) is 9.78 Å². The average molecular weight is 333 g/mol. The standard InChI is InChI=1S/C17H23N3O4/c1-22-12-9-11-13(15(24-3)14(12)23-2)16(21)20-17(19-11)18-10-7-5-4-6-8-10/h9-10H,4-8H2,1-3H3,(H2,18,19,20,21). The Labute approximate surface area is 140 Å².